The third-order valence-corrected chi connectivity index (χ3v) is 2.89. The average molecular weight is 236 g/mol. The first-order valence-corrected chi connectivity index (χ1v) is 5.47. The summed E-state index contributed by atoms with van der Waals surface area (Å²) >= 11 is 5.83. The van der Waals surface area contributed by atoms with E-state index in [9.17, 15) is 0 Å². The Morgan fingerprint density at radius 2 is 2.12 bits per heavy atom. The number of nitrogens with zero attached hydrogens (tertiary/aromatic N) is 2. The molecule has 0 aromatic heterocycles. The van der Waals surface area contributed by atoms with Gasteiger partial charge in [0, 0.05) is 10.6 Å². The molecule has 1 N–H and O–H groups in total. The molecule has 0 amide bonds. The number of fused-ring (bicyclic) bond motifs is 1. The summed E-state index contributed by atoms with van der Waals surface area (Å²) < 4.78 is 0. The molecule has 1 aromatic rings. The van der Waals surface area contributed by atoms with E-state index in [4.69, 9.17) is 16.4 Å². The van der Waals surface area contributed by atoms with E-state index in [0.717, 1.165) is 23.8 Å². The Balaban J connectivity index is 1.91. The van der Waals surface area contributed by atoms with Crippen LogP contribution in [0.4, 0.5) is 0 Å². The Hall–Kier alpha value is -1.39. The average Bonchev–Trinajstić information content (AvgIpc) is 2.77. The molecule has 1 saturated heterocycles. The van der Waals surface area contributed by atoms with Crippen molar-refractivity contribution in [1.82, 2.24) is 5.48 Å². The van der Waals surface area contributed by atoms with Gasteiger partial charge in [0.15, 0.2) is 5.84 Å². The molecular formula is C11H10ClN3O. The molecule has 2 aliphatic rings. The van der Waals surface area contributed by atoms with Crippen LogP contribution in [0.1, 0.15) is 5.56 Å². The minimum Gasteiger partial charge on any atom is -0.274 e. The monoisotopic (exact) mass is 235 g/mol. The Bertz CT molecular complexity index is 467. The lowest BCUT2D eigenvalue weighted by molar-refractivity contribution is 0.111. The third-order valence-electron chi connectivity index (χ3n) is 2.64. The predicted molar refractivity (Wildman–Crippen MR) is 62.9 cm³/mol. The van der Waals surface area contributed by atoms with Crippen molar-refractivity contribution in [3.63, 3.8) is 0 Å². The number of aliphatic imine (C=N–C) groups is 2. The maximum atomic E-state index is 5.83. The molecule has 0 radical (unpaired) electrons. The molecule has 4 nitrogen and oxygen atoms in total. The molecule has 1 atom stereocenters. The fraction of sp³-hybridized carbons (Fsp3) is 0.273. The highest BCUT2D eigenvalue weighted by Gasteiger charge is 2.27. The number of amidine groups is 2. The summed E-state index contributed by atoms with van der Waals surface area (Å²) in [6, 6.07) is 7.51. The maximum Gasteiger partial charge on any atom is 0.156 e. The molecule has 0 spiro atoms. The van der Waals surface area contributed by atoms with Crippen LogP contribution in [0.5, 0.6) is 0 Å². The van der Waals surface area contributed by atoms with Crippen molar-refractivity contribution in [1.29, 1.82) is 0 Å². The molecule has 1 aromatic carbocycles. The normalized spacial score (nSPS) is 23.2. The largest absolute Gasteiger partial charge is 0.274 e. The van der Waals surface area contributed by atoms with Crippen molar-refractivity contribution < 1.29 is 4.84 Å². The Labute approximate surface area is 98.0 Å². The summed E-state index contributed by atoms with van der Waals surface area (Å²) in [5, 5.41) is 0.716. The first-order valence-electron chi connectivity index (χ1n) is 5.10. The van der Waals surface area contributed by atoms with Crippen LogP contribution >= 0.6 is 11.6 Å². The van der Waals surface area contributed by atoms with Crippen molar-refractivity contribution in [2.24, 2.45) is 15.9 Å². The number of halogens is 1. The van der Waals surface area contributed by atoms with Crippen molar-refractivity contribution in [3.05, 3.63) is 34.9 Å². The van der Waals surface area contributed by atoms with Gasteiger partial charge in [-0.05, 0) is 24.3 Å². The van der Waals surface area contributed by atoms with Gasteiger partial charge in [-0.1, -0.05) is 11.6 Å². The van der Waals surface area contributed by atoms with E-state index in [0.29, 0.717) is 11.6 Å². The standard InChI is InChI=1S/C11H10ClN3O/c12-9-3-1-7(2-4-9)10-13-5-8-6-16-15-11(8)14-10/h1-4,8H,5-6H2,(H,13,14,15). The fourth-order valence-corrected chi connectivity index (χ4v) is 1.86. The van der Waals surface area contributed by atoms with E-state index in [1.807, 2.05) is 24.3 Å². The summed E-state index contributed by atoms with van der Waals surface area (Å²) in [6.07, 6.45) is 0. The number of rotatable bonds is 1. The molecule has 0 saturated carbocycles. The summed E-state index contributed by atoms with van der Waals surface area (Å²) in [7, 11) is 0. The third kappa shape index (κ3) is 1.70. The lowest BCUT2D eigenvalue weighted by Crippen LogP contribution is -2.27. The molecule has 0 aliphatic carbocycles. The highest BCUT2D eigenvalue weighted by Crippen LogP contribution is 2.16. The van der Waals surface area contributed by atoms with Gasteiger partial charge in [-0.25, -0.2) is 4.99 Å². The minimum absolute atomic E-state index is 0.288. The number of nitrogens with one attached hydrogen (secondary N) is 1. The molecule has 5 heteroatoms. The molecule has 16 heavy (non-hydrogen) atoms. The van der Waals surface area contributed by atoms with Crippen molar-refractivity contribution in [3.8, 4) is 0 Å². The van der Waals surface area contributed by atoms with Gasteiger partial charge in [-0.2, -0.15) is 0 Å². The van der Waals surface area contributed by atoms with Gasteiger partial charge in [-0.3, -0.25) is 15.3 Å². The summed E-state index contributed by atoms with van der Waals surface area (Å²) in [5.41, 5.74) is 3.79. The molecule has 1 unspecified atom stereocenters. The van der Waals surface area contributed by atoms with Crippen LogP contribution in [0.2, 0.25) is 5.02 Å². The maximum absolute atomic E-state index is 5.83. The molecule has 2 aliphatic heterocycles. The quantitative estimate of drug-likeness (QED) is 0.805. The van der Waals surface area contributed by atoms with Crippen LogP contribution in [0.15, 0.2) is 34.3 Å². The molecule has 82 valence electrons. The predicted octanol–water partition coefficient (Wildman–Crippen LogP) is 1.65. The van der Waals surface area contributed by atoms with E-state index < -0.39 is 0 Å². The van der Waals surface area contributed by atoms with E-state index in [1.54, 1.807) is 0 Å². The zero-order valence-electron chi connectivity index (χ0n) is 8.48. The molecule has 2 heterocycles. The van der Waals surface area contributed by atoms with Crippen LogP contribution in [0.3, 0.4) is 0 Å². The van der Waals surface area contributed by atoms with E-state index in [2.05, 4.69) is 15.5 Å². The van der Waals surface area contributed by atoms with Crippen LogP contribution in [-0.4, -0.2) is 24.8 Å². The van der Waals surface area contributed by atoms with Crippen LogP contribution < -0.4 is 5.48 Å². The lowest BCUT2D eigenvalue weighted by Gasteiger charge is -2.12. The van der Waals surface area contributed by atoms with Crippen LogP contribution in [-0.2, 0) is 4.84 Å². The minimum atomic E-state index is 0.288. The van der Waals surface area contributed by atoms with Gasteiger partial charge in [0.25, 0.3) is 0 Å². The summed E-state index contributed by atoms with van der Waals surface area (Å²) in [4.78, 5) is 14.0. The first kappa shape index (κ1) is 9.81. The van der Waals surface area contributed by atoms with E-state index in [-0.39, 0.29) is 5.92 Å². The zero-order chi connectivity index (χ0) is 11.0. The van der Waals surface area contributed by atoms with Crippen molar-refractivity contribution in [2.75, 3.05) is 13.2 Å². The van der Waals surface area contributed by atoms with Gasteiger partial charge >= 0.3 is 0 Å². The molecular weight excluding hydrogens is 226 g/mol. The summed E-state index contributed by atoms with van der Waals surface area (Å²) in [6.45, 7) is 1.38. The topological polar surface area (TPSA) is 46.0 Å². The Morgan fingerprint density at radius 3 is 2.94 bits per heavy atom. The highest BCUT2D eigenvalue weighted by atomic mass is 35.5. The molecule has 3 rings (SSSR count). The number of benzene rings is 1. The number of hydroxylamine groups is 1. The van der Waals surface area contributed by atoms with E-state index >= 15 is 0 Å². The van der Waals surface area contributed by atoms with Crippen molar-refractivity contribution >= 4 is 23.3 Å². The smallest absolute Gasteiger partial charge is 0.156 e. The van der Waals surface area contributed by atoms with Gasteiger partial charge in [0.1, 0.15) is 5.84 Å². The van der Waals surface area contributed by atoms with Gasteiger partial charge in [-0.15, -0.1) is 0 Å². The number of hydrogen-bond donors (Lipinski definition) is 1. The zero-order valence-corrected chi connectivity index (χ0v) is 9.24. The SMILES string of the molecule is Clc1ccc(C2=NCC3CONC3=N2)cc1. The molecule has 0 bridgehead atoms. The Kier molecular flexibility index (Phi) is 2.38. The molecule has 1 fully saturated rings. The first-order chi connectivity index (χ1) is 7.83. The lowest BCUT2D eigenvalue weighted by atomic mass is 10.1. The fourth-order valence-electron chi connectivity index (χ4n) is 1.73. The highest BCUT2D eigenvalue weighted by molar-refractivity contribution is 6.30. The van der Waals surface area contributed by atoms with Crippen LogP contribution in [0, 0.1) is 5.92 Å². The second kappa shape index (κ2) is 3.88. The number of hydrogen-bond acceptors (Lipinski definition) is 4. The van der Waals surface area contributed by atoms with Crippen molar-refractivity contribution in [2.45, 2.75) is 0 Å². The Morgan fingerprint density at radius 1 is 1.31 bits per heavy atom. The van der Waals surface area contributed by atoms with Gasteiger partial charge in [0.2, 0.25) is 0 Å². The van der Waals surface area contributed by atoms with Crippen LogP contribution in [0.25, 0.3) is 0 Å². The summed E-state index contributed by atoms with van der Waals surface area (Å²) in [5.74, 6) is 1.90. The second-order valence-corrected chi connectivity index (χ2v) is 4.21. The van der Waals surface area contributed by atoms with Gasteiger partial charge in [0.05, 0.1) is 19.1 Å². The second-order valence-electron chi connectivity index (χ2n) is 3.78. The van der Waals surface area contributed by atoms with Gasteiger partial charge < -0.3 is 0 Å². The van der Waals surface area contributed by atoms with E-state index in [1.165, 1.54) is 0 Å².